The number of aliphatic carboxylic acids is 1. The third-order valence-corrected chi connectivity index (χ3v) is 3.81. The number of amides is 1. The van der Waals surface area contributed by atoms with Gasteiger partial charge in [-0.05, 0) is 24.1 Å². The number of carbonyl (C=O) groups excluding carboxylic acids is 1. The summed E-state index contributed by atoms with van der Waals surface area (Å²) in [6, 6.07) is 10.5. The molecule has 26 heavy (non-hydrogen) atoms. The van der Waals surface area contributed by atoms with Gasteiger partial charge in [-0.2, -0.15) is 13.2 Å². The van der Waals surface area contributed by atoms with Crippen molar-refractivity contribution in [2.75, 3.05) is 0 Å². The predicted molar refractivity (Wildman–Crippen MR) is 89.6 cm³/mol. The van der Waals surface area contributed by atoms with E-state index in [9.17, 15) is 27.9 Å². The van der Waals surface area contributed by atoms with Crippen molar-refractivity contribution in [2.24, 2.45) is 0 Å². The lowest BCUT2D eigenvalue weighted by atomic mass is 10.0. The molecule has 0 unspecified atom stereocenters. The summed E-state index contributed by atoms with van der Waals surface area (Å²) in [7, 11) is 0. The van der Waals surface area contributed by atoms with Gasteiger partial charge in [-0.25, -0.2) is 4.79 Å². The molecule has 0 bridgehead atoms. The van der Waals surface area contributed by atoms with Crippen LogP contribution in [0, 0.1) is 6.92 Å². The van der Waals surface area contributed by atoms with Crippen LogP contribution < -0.4 is 5.32 Å². The lowest BCUT2D eigenvalue weighted by Gasteiger charge is -2.15. The Labute approximate surface area is 148 Å². The molecule has 138 valence electrons. The normalized spacial score (nSPS) is 12.5. The van der Waals surface area contributed by atoms with Gasteiger partial charge in [0.15, 0.2) is 0 Å². The molecule has 1 atom stereocenters. The first-order valence-corrected chi connectivity index (χ1v) is 7.89. The maximum Gasteiger partial charge on any atom is 0.416 e. The molecule has 0 spiro atoms. The van der Waals surface area contributed by atoms with Gasteiger partial charge in [0.25, 0.3) is 0 Å². The summed E-state index contributed by atoms with van der Waals surface area (Å²) in [5.41, 5.74) is 1.07. The molecule has 0 aliphatic rings. The van der Waals surface area contributed by atoms with Crippen molar-refractivity contribution in [2.45, 2.75) is 32.0 Å². The second-order valence-electron chi connectivity index (χ2n) is 6.02. The van der Waals surface area contributed by atoms with E-state index in [2.05, 4.69) is 5.32 Å². The quantitative estimate of drug-likeness (QED) is 0.825. The molecule has 2 rings (SSSR count). The zero-order valence-corrected chi connectivity index (χ0v) is 14.0. The van der Waals surface area contributed by atoms with Gasteiger partial charge in [0.05, 0.1) is 12.0 Å². The lowest BCUT2D eigenvalue weighted by Crippen LogP contribution is -2.43. The van der Waals surface area contributed by atoms with E-state index in [1.54, 1.807) is 12.1 Å². The standard InChI is InChI=1S/C19H18F3NO3/c1-12-5-7-13(8-6-12)10-16(18(25)26)23-17(24)11-14-3-2-4-15(9-14)19(20,21)22/h2-9,16H,10-11H2,1H3,(H,23,24)(H,25,26)/t16-/m1/s1. The van der Waals surface area contributed by atoms with Gasteiger partial charge in [0.1, 0.15) is 6.04 Å². The van der Waals surface area contributed by atoms with E-state index in [1.807, 2.05) is 19.1 Å². The number of carboxylic acid groups (broad SMARTS) is 1. The zero-order chi connectivity index (χ0) is 19.3. The van der Waals surface area contributed by atoms with Gasteiger partial charge in [-0.3, -0.25) is 4.79 Å². The smallest absolute Gasteiger partial charge is 0.416 e. The van der Waals surface area contributed by atoms with Crippen molar-refractivity contribution in [3.8, 4) is 0 Å². The number of aryl methyl sites for hydroxylation is 1. The Morgan fingerprint density at radius 3 is 2.31 bits per heavy atom. The fourth-order valence-corrected chi connectivity index (χ4v) is 2.45. The van der Waals surface area contributed by atoms with Crippen LogP contribution in [0.15, 0.2) is 48.5 Å². The van der Waals surface area contributed by atoms with Gasteiger partial charge in [-0.1, -0.05) is 48.0 Å². The molecule has 0 aliphatic carbocycles. The maximum absolute atomic E-state index is 12.7. The Bertz CT molecular complexity index is 785. The van der Waals surface area contributed by atoms with Crippen LogP contribution in [-0.4, -0.2) is 23.0 Å². The molecule has 0 aromatic heterocycles. The van der Waals surface area contributed by atoms with Crippen molar-refractivity contribution in [3.63, 3.8) is 0 Å². The summed E-state index contributed by atoms with van der Waals surface area (Å²) in [5, 5.41) is 11.7. The number of nitrogens with one attached hydrogen (secondary N) is 1. The molecule has 0 saturated carbocycles. The van der Waals surface area contributed by atoms with Crippen molar-refractivity contribution >= 4 is 11.9 Å². The molecule has 2 N–H and O–H groups in total. The Kier molecular flexibility index (Phi) is 6.02. The average Bonchev–Trinajstić information content (AvgIpc) is 2.55. The Morgan fingerprint density at radius 1 is 1.08 bits per heavy atom. The first-order chi connectivity index (χ1) is 12.1. The third-order valence-electron chi connectivity index (χ3n) is 3.81. The van der Waals surface area contributed by atoms with Crippen molar-refractivity contribution in [3.05, 3.63) is 70.8 Å². The highest BCUT2D eigenvalue weighted by Gasteiger charge is 2.30. The van der Waals surface area contributed by atoms with Crippen LogP contribution in [0.25, 0.3) is 0 Å². The number of rotatable bonds is 6. The topological polar surface area (TPSA) is 66.4 Å². The van der Waals surface area contributed by atoms with E-state index in [4.69, 9.17) is 0 Å². The summed E-state index contributed by atoms with van der Waals surface area (Å²) in [6.45, 7) is 1.90. The van der Waals surface area contributed by atoms with Crippen molar-refractivity contribution in [1.82, 2.24) is 5.32 Å². The minimum atomic E-state index is -4.50. The van der Waals surface area contributed by atoms with Gasteiger partial charge in [-0.15, -0.1) is 0 Å². The average molecular weight is 365 g/mol. The van der Waals surface area contributed by atoms with E-state index < -0.39 is 29.7 Å². The van der Waals surface area contributed by atoms with Crippen LogP contribution >= 0.6 is 0 Å². The van der Waals surface area contributed by atoms with Gasteiger partial charge >= 0.3 is 12.1 Å². The third kappa shape index (κ3) is 5.61. The lowest BCUT2D eigenvalue weighted by molar-refractivity contribution is -0.141. The first-order valence-electron chi connectivity index (χ1n) is 7.89. The fourth-order valence-electron chi connectivity index (χ4n) is 2.45. The number of carbonyl (C=O) groups is 2. The number of hydrogen-bond acceptors (Lipinski definition) is 2. The van der Waals surface area contributed by atoms with Gasteiger partial charge < -0.3 is 10.4 Å². The van der Waals surface area contributed by atoms with E-state index in [1.165, 1.54) is 12.1 Å². The first kappa shape index (κ1) is 19.5. The van der Waals surface area contributed by atoms with Gasteiger partial charge in [0, 0.05) is 6.42 Å². The molecule has 0 radical (unpaired) electrons. The maximum atomic E-state index is 12.7. The molecule has 1 amide bonds. The van der Waals surface area contributed by atoms with Crippen LogP contribution in [0.4, 0.5) is 13.2 Å². The predicted octanol–water partition coefficient (Wildman–Crippen LogP) is 3.37. The summed E-state index contributed by atoms with van der Waals surface area (Å²) in [5.74, 6) is -1.85. The molecule has 2 aromatic rings. The fraction of sp³-hybridized carbons (Fsp3) is 0.263. The molecular weight excluding hydrogens is 347 g/mol. The molecule has 0 fully saturated rings. The number of carboxylic acids is 1. The second kappa shape index (κ2) is 8.03. The Hall–Kier alpha value is -2.83. The minimum absolute atomic E-state index is 0.0872. The molecule has 0 aliphatic heterocycles. The number of hydrogen-bond donors (Lipinski definition) is 2. The Balaban J connectivity index is 2.04. The monoisotopic (exact) mass is 365 g/mol. The highest BCUT2D eigenvalue weighted by molar-refractivity contribution is 5.85. The summed E-state index contributed by atoms with van der Waals surface area (Å²) < 4.78 is 38.1. The van der Waals surface area contributed by atoms with Crippen molar-refractivity contribution in [1.29, 1.82) is 0 Å². The summed E-state index contributed by atoms with van der Waals surface area (Å²) in [6.07, 6.45) is -4.74. The Morgan fingerprint density at radius 2 is 1.73 bits per heavy atom. The minimum Gasteiger partial charge on any atom is -0.480 e. The summed E-state index contributed by atoms with van der Waals surface area (Å²) in [4.78, 5) is 23.5. The molecular formula is C19H18F3NO3. The van der Waals surface area contributed by atoms with Crippen LogP contribution in [-0.2, 0) is 28.6 Å². The number of benzene rings is 2. The van der Waals surface area contributed by atoms with Crippen LogP contribution in [0.2, 0.25) is 0 Å². The van der Waals surface area contributed by atoms with E-state index >= 15 is 0 Å². The van der Waals surface area contributed by atoms with Crippen molar-refractivity contribution < 1.29 is 27.9 Å². The summed E-state index contributed by atoms with van der Waals surface area (Å²) >= 11 is 0. The van der Waals surface area contributed by atoms with Crippen LogP contribution in [0.5, 0.6) is 0 Å². The van der Waals surface area contributed by atoms with Crippen LogP contribution in [0.3, 0.4) is 0 Å². The molecule has 4 nitrogen and oxygen atoms in total. The molecule has 0 saturated heterocycles. The number of halogens is 3. The second-order valence-corrected chi connectivity index (χ2v) is 6.02. The molecule has 2 aromatic carbocycles. The number of alkyl halides is 3. The highest BCUT2D eigenvalue weighted by Crippen LogP contribution is 2.29. The molecule has 0 heterocycles. The SMILES string of the molecule is Cc1ccc(C[C@@H](NC(=O)Cc2cccc(C(F)(F)F)c2)C(=O)O)cc1. The van der Waals surface area contributed by atoms with E-state index in [-0.39, 0.29) is 18.4 Å². The van der Waals surface area contributed by atoms with E-state index in [0.717, 1.165) is 23.3 Å². The largest absolute Gasteiger partial charge is 0.480 e. The van der Waals surface area contributed by atoms with Gasteiger partial charge in [0.2, 0.25) is 5.91 Å². The highest BCUT2D eigenvalue weighted by atomic mass is 19.4. The zero-order valence-electron chi connectivity index (χ0n) is 14.0. The molecule has 7 heteroatoms. The van der Waals surface area contributed by atoms with E-state index in [0.29, 0.717) is 0 Å². The van der Waals surface area contributed by atoms with Crippen LogP contribution in [0.1, 0.15) is 22.3 Å².